The van der Waals surface area contributed by atoms with Crippen LogP contribution in [0.15, 0.2) is 70.3 Å². The van der Waals surface area contributed by atoms with E-state index in [9.17, 15) is 9.59 Å². The fraction of sp³-hybridized carbons (Fsp3) is 0. The molecule has 3 heterocycles. The van der Waals surface area contributed by atoms with Crippen molar-refractivity contribution in [3.8, 4) is 16.9 Å². The van der Waals surface area contributed by atoms with Crippen molar-refractivity contribution in [2.24, 2.45) is 0 Å². The monoisotopic (exact) mass is 370 g/mol. The van der Waals surface area contributed by atoms with E-state index in [1.807, 2.05) is 60.7 Å². The van der Waals surface area contributed by atoms with E-state index in [-0.39, 0.29) is 16.6 Å². The van der Waals surface area contributed by atoms with Crippen LogP contribution in [-0.4, -0.2) is 25.0 Å². The first kappa shape index (κ1) is 16.0. The van der Waals surface area contributed by atoms with Crippen molar-refractivity contribution in [1.82, 2.24) is 25.0 Å². The second-order valence-corrected chi connectivity index (χ2v) is 6.32. The molecule has 0 aliphatic carbocycles. The first-order valence-corrected chi connectivity index (χ1v) is 8.59. The maximum atomic E-state index is 12.3. The Bertz CT molecular complexity index is 1450. The molecule has 8 heteroatoms. The lowest BCUT2D eigenvalue weighted by atomic mass is 10.1. The Kier molecular flexibility index (Phi) is 3.38. The van der Waals surface area contributed by atoms with E-state index in [1.165, 1.54) is 0 Å². The number of anilines is 1. The third-order valence-electron chi connectivity index (χ3n) is 4.63. The Morgan fingerprint density at radius 1 is 0.821 bits per heavy atom. The first-order valence-electron chi connectivity index (χ1n) is 8.59. The van der Waals surface area contributed by atoms with E-state index < -0.39 is 11.1 Å². The van der Waals surface area contributed by atoms with Crippen LogP contribution in [0.25, 0.3) is 38.9 Å². The van der Waals surface area contributed by atoms with Gasteiger partial charge in [-0.3, -0.25) is 19.8 Å². The number of hydrogen-bond donors (Lipinski definition) is 3. The average Bonchev–Trinajstić information content (AvgIpc) is 3.12. The predicted octanol–water partition coefficient (Wildman–Crippen LogP) is 2.20. The molecule has 0 fully saturated rings. The van der Waals surface area contributed by atoms with Gasteiger partial charge in [-0.25, -0.2) is 9.67 Å². The van der Waals surface area contributed by atoms with E-state index in [2.05, 4.69) is 15.2 Å². The number of hydrogen-bond acceptors (Lipinski definition) is 5. The fourth-order valence-electron chi connectivity index (χ4n) is 3.35. The molecular weight excluding hydrogens is 356 g/mol. The Morgan fingerprint density at radius 2 is 1.46 bits per heavy atom. The maximum absolute atomic E-state index is 12.3. The molecule has 0 atom stereocenters. The van der Waals surface area contributed by atoms with Gasteiger partial charge in [-0.05, 0) is 12.1 Å². The number of H-pyrrole nitrogens is 2. The molecular formula is C20H14N6O2. The lowest BCUT2D eigenvalue weighted by Crippen LogP contribution is -2.21. The molecule has 28 heavy (non-hydrogen) atoms. The molecule has 8 nitrogen and oxygen atoms in total. The largest absolute Gasteiger partial charge is 0.397 e. The van der Waals surface area contributed by atoms with Crippen LogP contribution >= 0.6 is 0 Å². The number of benzene rings is 2. The van der Waals surface area contributed by atoms with Crippen molar-refractivity contribution in [3.05, 3.63) is 81.4 Å². The molecule has 2 aromatic carbocycles. The summed E-state index contributed by atoms with van der Waals surface area (Å²) in [6, 6.07) is 18.9. The van der Waals surface area contributed by atoms with E-state index >= 15 is 0 Å². The molecule has 0 saturated heterocycles. The van der Waals surface area contributed by atoms with Crippen LogP contribution in [0.3, 0.4) is 0 Å². The molecule has 0 aliphatic rings. The van der Waals surface area contributed by atoms with Crippen LogP contribution in [0.4, 0.5) is 5.69 Å². The highest BCUT2D eigenvalue weighted by molar-refractivity contribution is 6.10. The SMILES string of the molecule is Nc1c2c(-c3ccccc3)nn(-c3ccccc3)c2nc2c(=O)[nH][nH]c(=O)c12. The number of fused-ring (bicyclic) bond motifs is 2. The van der Waals surface area contributed by atoms with E-state index in [0.29, 0.717) is 16.7 Å². The first-order chi connectivity index (χ1) is 13.6. The van der Waals surface area contributed by atoms with Crippen LogP contribution in [0.1, 0.15) is 0 Å². The molecule has 3 aromatic heterocycles. The third-order valence-corrected chi connectivity index (χ3v) is 4.63. The number of nitrogens with one attached hydrogen (secondary N) is 2. The number of aromatic amines is 2. The van der Waals surface area contributed by atoms with E-state index in [4.69, 9.17) is 10.8 Å². The highest BCUT2D eigenvalue weighted by Crippen LogP contribution is 2.34. The van der Waals surface area contributed by atoms with Gasteiger partial charge in [-0.15, -0.1) is 0 Å². The van der Waals surface area contributed by atoms with Crippen LogP contribution in [-0.2, 0) is 0 Å². The zero-order valence-corrected chi connectivity index (χ0v) is 14.5. The molecule has 0 spiro atoms. The van der Waals surface area contributed by atoms with Crippen molar-refractivity contribution >= 4 is 27.6 Å². The van der Waals surface area contributed by atoms with Gasteiger partial charge in [0.1, 0.15) is 11.2 Å². The van der Waals surface area contributed by atoms with Gasteiger partial charge in [0.05, 0.1) is 22.1 Å². The normalized spacial score (nSPS) is 11.3. The van der Waals surface area contributed by atoms with Crippen LogP contribution in [0, 0.1) is 0 Å². The predicted molar refractivity (Wildman–Crippen MR) is 107 cm³/mol. The van der Waals surface area contributed by atoms with Crippen molar-refractivity contribution < 1.29 is 0 Å². The minimum Gasteiger partial charge on any atom is -0.397 e. The quantitative estimate of drug-likeness (QED) is 0.440. The summed E-state index contributed by atoms with van der Waals surface area (Å²) < 4.78 is 1.63. The number of aromatic nitrogens is 5. The summed E-state index contributed by atoms with van der Waals surface area (Å²) in [6.45, 7) is 0. The lowest BCUT2D eigenvalue weighted by Gasteiger charge is -2.05. The molecule has 5 aromatic rings. The highest BCUT2D eigenvalue weighted by Gasteiger charge is 2.22. The summed E-state index contributed by atoms with van der Waals surface area (Å²) in [4.78, 5) is 29.1. The van der Waals surface area contributed by atoms with Gasteiger partial charge >= 0.3 is 0 Å². The van der Waals surface area contributed by atoms with E-state index in [0.717, 1.165) is 11.3 Å². The van der Waals surface area contributed by atoms with Crippen molar-refractivity contribution in [2.45, 2.75) is 0 Å². The van der Waals surface area contributed by atoms with Crippen molar-refractivity contribution in [2.75, 3.05) is 5.73 Å². The summed E-state index contributed by atoms with van der Waals surface area (Å²) in [5.41, 5.74) is 8.10. The zero-order valence-electron chi connectivity index (χ0n) is 14.5. The Labute approximate surface area is 157 Å². The highest BCUT2D eigenvalue weighted by atomic mass is 16.1. The average molecular weight is 370 g/mol. The molecule has 0 saturated carbocycles. The Hall–Kier alpha value is -4.20. The second kappa shape index (κ2) is 5.92. The number of para-hydroxylation sites is 1. The van der Waals surface area contributed by atoms with Gasteiger partial charge in [0, 0.05) is 5.56 Å². The third kappa shape index (κ3) is 2.25. The molecule has 136 valence electrons. The van der Waals surface area contributed by atoms with Gasteiger partial charge < -0.3 is 5.73 Å². The lowest BCUT2D eigenvalue weighted by molar-refractivity contribution is 0.901. The number of nitrogens with two attached hydrogens (primary N) is 1. The molecule has 0 unspecified atom stereocenters. The summed E-state index contributed by atoms with van der Waals surface area (Å²) in [7, 11) is 0. The van der Waals surface area contributed by atoms with Gasteiger partial charge in [0.2, 0.25) is 0 Å². The standard InChI is InChI=1S/C20H14N6O2/c21-15-13-16(11-7-3-1-4-8-11)25-26(12-9-5-2-6-10-12)18(13)22-17-14(15)19(27)23-24-20(17)28/h1-10H,(H2,21,22)(H,23,27)(H,24,28). The van der Waals surface area contributed by atoms with Crippen molar-refractivity contribution in [3.63, 3.8) is 0 Å². The second-order valence-electron chi connectivity index (χ2n) is 6.32. The maximum Gasteiger partial charge on any atom is 0.289 e. The smallest absolute Gasteiger partial charge is 0.289 e. The summed E-state index contributed by atoms with van der Waals surface area (Å²) in [5, 5.41) is 9.90. The number of nitrogen functional groups attached to an aromatic ring is 1. The van der Waals surface area contributed by atoms with Crippen molar-refractivity contribution in [1.29, 1.82) is 0 Å². The minimum atomic E-state index is -0.523. The fourth-order valence-corrected chi connectivity index (χ4v) is 3.35. The minimum absolute atomic E-state index is 0.0227. The van der Waals surface area contributed by atoms with Gasteiger partial charge in [-0.2, -0.15) is 5.10 Å². The van der Waals surface area contributed by atoms with Gasteiger partial charge in [0.25, 0.3) is 11.1 Å². The molecule has 5 rings (SSSR count). The van der Waals surface area contributed by atoms with E-state index in [1.54, 1.807) is 4.68 Å². The Balaban J connectivity index is 2.01. The van der Waals surface area contributed by atoms with Gasteiger partial charge in [-0.1, -0.05) is 48.5 Å². The van der Waals surface area contributed by atoms with Crippen LogP contribution in [0.2, 0.25) is 0 Å². The summed E-state index contributed by atoms with van der Waals surface area (Å²) in [5.74, 6) is 0. The van der Waals surface area contributed by atoms with Crippen LogP contribution < -0.4 is 16.9 Å². The zero-order chi connectivity index (χ0) is 19.3. The molecule has 0 radical (unpaired) electrons. The molecule has 0 aliphatic heterocycles. The number of rotatable bonds is 2. The molecule has 0 bridgehead atoms. The number of pyridine rings is 1. The molecule has 0 amide bonds. The molecule has 4 N–H and O–H groups in total. The number of nitrogens with zero attached hydrogens (tertiary/aromatic N) is 3. The van der Waals surface area contributed by atoms with Gasteiger partial charge in [0.15, 0.2) is 5.65 Å². The summed E-state index contributed by atoms with van der Waals surface area (Å²) >= 11 is 0. The topological polar surface area (TPSA) is 122 Å². The van der Waals surface area contributed by atoms with Crippen LogP contribution in [0.5, 0.6) is 0 Å². The Morgan fingerprint density at radius 3 is 2.18 bits per heavy atom. The summed E-state index contributed by atoms with van der Waals surface area (Å²) in [6.07, 6.45) is 0.